The van der Waals surface area contributed by atoms with Crippen molar-refractivity contribution < 1.29 is 22.8 Å². The van der Waals surface area contributed by atoms with Crippen molar-refractivity contribution in [2.45, 2.75) is 33.0 Å². The maximum atomic E-state index is 12.5. The van der Waals surface area contributed by atoms with Gasteiger partial charge in [0.1, 0.15) is 0 Å². The third-order valence-electron chi connectivity index (χ3n) is 3.08. The zero-order chi connectivity index (χ0) is 18.2. The number of carbonyl (C=O) groups is 2. The number of alkyl halides is 3. The summed E-state index contributed by atoms with van der Waals surface area (Å²) >= 11 is 1.52. The molecule has 0 bridgehead atoms. The summed E-state index contributed by atoms with van der Waals surface area (Å²) < 4.78 is 37.6. The second kappa shape index (κ2) is 9.56. The van der Waals surface area contributed by atoms with Crippen LogP contribution in [0.15, 0.2) is 24.3 Å². The molecule has 2 amide bonds. The largest absolute Gasteiger partial charge is 0.471 e. The fourth-order valence-electron chi connectivity index (χ4n) is 1.98. The highest BCUT2D eigenvalue weighted by Crippen LogP contribution is 2.21. The fourth-order valence-corrected chi connectivity index (χ4v) is 2.67. The van der Waals surface area contributed by atoms with Crippen molar-refractivity contribution >= 4 is 29.3 Å². The van der Waals surface area contributed by atoms with Gasteiger partial charge >= 0.3 is 12.1 Å². The first-order chi connectivity index (χ1) is 11.3. The van der Waals surface area contributed by atoms with E-state index in [9.17, 15) is 22.8 Å². The van der Waals surface area contributed by atoms with Crippen molar-refractivity contribution in [1.29, 1.82) is 0 Å². The molecule has 1 N–H and O–H groups in total. The summed E-state index contributed by atoms with van der Waals surface area (Å²) in [7, 11) is 0. The Hall–Kier alpha value is -1.70. The Morgan fingerprint density at radius 2 is 1.96 bits per heavy atom. The minimum Gasteiger partial charge on any atom is -0.331 e. The molecule has 0 spiro atoms. The molecule has 0 aliphatic carbocycles. The summed E-state index contributed by atoms with van der Waals surface area (Å²) in [6.45, 7) is 3.29. The van der Waals surface area contributed by atoms with Gasteiger partial charge in [-0.25, -0.2) is 0 Å². The van der Waals surface area contributed by atoms with E-state index in [1.165, 1.54) is 18.7 Å². The minimum absolute atomic E-state index is 0.0530. The molecule has 0 unspecified atom stereocenters. The summed E-state index contributed by atoms with van der Waals surface area (Å²) in [4.78, 5) is 23.8. The van der Waals surface area contributed by atoms with Gasteiger partial charge in [-0.05, 0) is 36.8 Å². The molecule has 0 atom stereocenters. The lowest BCUT2D eigenvalue weighted by atomic mass is 10.2. The van der Waals surface area contributed by atoms with Gasteiger partial charge in [0.25, 0.3) is 0 Å². The van der Waals surface area contributed by atoms with E-state index in [0.717, 1.165) is 17.1 Å². The molecule has 24 heavy (non-hydrogen) atoms. The topological polar surface area (TPSA) is 49.4 Å². The lowest BCUT2D eigenvalue weighted by molar-refractivity contribution is -0.185. The molecule has 0 aromatic heterocycles. The molecule has 0 saturated heterocycles. The van der Waals surface area contributed by atoms with Crippen LogP contribution in [0.25, 0.3) is 0 Å². The lowest BCUT2D eigenvalue weighted by Crippen LogP contribution is -2.40. The number of carbonyl (C=O) groups excluding carboxylic acids is 2. The Balaban J connectivity index is 2.70. The molecule has 0 saturated carbocycles. The molecule has 0 fully saturated rings. The Bertz CT molecular complexity index is 564. The van der Waals surface area contributed by atoms with Gasteiger partial charge in [-0.1, -0.05) is 19.1 Å². The van der Waals surface area contributed by atoms with Crippen LogP contribution in [0.4, 0.5) is 18.9 Å². The Morgan fingerprint density at radius 1 is 1.25 bits per heavy atom. The van der Waals surface area contributed by atoms with Crippen LogP contribution < -0.4 is 5.32 Å². The first-order valence-corrected chi connectivity index (χ1v) is 8.76. The van der Waals surface area contributed by atoms with Crippen LogP contribution in [-0.4, -0.2) is 40.9 Å². The second-order valence-electron chi connectivity index (χ2n) is 5.12. The van der Waals surface area contributed by atoms with Gasteiger partial charge in [-0.3, -0.25) is 9.59 Å². The van der Waals surface area contributed by atoms with Crippen LogP contribution in [0.5, 0.6) is 0 Å². The van der Waals surface area contributed by atoms with Crippen molar-refractivity contribution in [2.24, 2.45) is 0 Å². The van der Waals surface area contributed by atoms with E-state index in [1.54, 1.807) is 24.3 Å². The molecule has 4 nitrogen and oxygen atoms in total. The number of hydrogen-bond acceptors (Lipinski definition) is 3. The first-order valence-electron chi connectivity index (χ1n) is 7.60. The number of benzene rings is 1. The van der Waals surface area contributed by atoms with Crippen LogP contribution in [0.2, 0.25) is 0 Å². The number of thioether (sulfide) groups is 1. The van der Waals surface area contributed by atoms with Crippen LogP contribution in [0, 0.1) is 0 Å². The number of anilines is 1. The third-order valence-corrected chi connectivity index (χ3v) is 4.24. The molecule has 8 heteroatoms. The molecule has 1 rings (SSSR count). The lowest BCUT2D eigenvalue weighted by Gasteiger charge is -2.22. The smallest absolute Gasteiger partial charge is 0.331 e. The van der Waals surface area contributed by atoms with E-state index in [4.69, 9.17) is 0 Å². The number of rotatable bonds is 8. The normalized spacial score (nSPS) is 11.2. The van der Waals surface area contributed by atoms with E-state index >= 15 is 0 Å². The molecular formula is C16H21F3N2O2S. The van der Waals surface area contributed by atoms with Gasteiger partial charge < -0.3 is 10.2 Å². The van der Waals surface area contributed by atoms with Gasteiger partial charge in [-0.15, -0.1) is 0 Å². The first kappa shape index (κ1) is 20.3. The van der Waals surface area contributed by atoms with Crippen LogP contribution in [0.3, 0.4) is 0 Å². The van der Waals surface area contributed by atoms with Gasteiger partial charge in [0.05, 0.1) is 5.75 Å². The van der Waals surface area contributed by atoms with Crippen LogP contribution in [0.1, 0.15) is 25.8 Å². The number of halogens is 3. The maximum absolute atomic E-state index is 12.5. The average Bonchev–Trinajstić information content (AvgIpc) is 2.51. The average molecular weight is 362 g/mol. The van der Waals surface area contributed by atoms with E-state index in [0.29, 0.717) is 17.0 Å². The highest BCUT2D eigenvalue weighted by atomic mass is 32.2. The summed E-state index contributed by atoms with van der Waals surface area (Å²) in [6.07, 6.45) is -3.91. The highest BCUT2D eigenvalue weighted by molar-refractivity contribution is 7.99. The van der Waals surface area contributed by atoms with Crippen molar-refractivity contribution in [3.05, 3.63) is 29.8 Å². The van der Waals surface area contributed by atoms with Crippen molar-refractivity contribution in [3.8, 4) is 0 Å². The third kappa shape index (κ3) is 6.82. The molecular weight excluding hydrogens is 341 g/mol. The predicted octanol–water partition coefficient (Wildman–Crippen LogP) is 3.68. The zero-order valence-corrected chi connectivity index (χ0v) is 14.5. The standard InChI is InChI=1S/C16H21F3N2O2S/c1-3-8-24-11-14(22)20-13-7-5-6-12(9-13)10-21(4-2)15(23)16(17,18)19/h5-7,9H,3-4,8,10-11H2,1-2H3,(H,20,22). The minimum atomic E-state index is -4.89. The van der Waals surface area contributed by atoms with Gasteiger partial charge in [-0.2, -0.15) is 24.9 Å². The number of nitrogens with one attached hydrogen (secondary N) is 1. The van der Waals surface area contributed by atoms with E-state index in [1.807, 2.05) is 6.92 Å². The summed E-state index contributed by atoms with van der Waals surface area (Å²) in [5, 5.41) is 2.71. The van der Waals surface area contributed by atoms with Crippen molar-refractivity contribution in [3.63, 3.8) is 0 Å². The molecule has 0 heterocycles. The molecule has 1 aromatic rings. The van der Waals surface area contributed by atoms with Gasteiger partial charge in [0.15, 0.2) is 0 Å². The predicted molar refractivity (Wildman–Crippen MR) is 89.8 cm³/mol. The van der Waals surface area contributed by atoms with E-state index in [-0.39, 0.29) is 19.0 Å². The molecule has 0 radical (unpaired) electrons. The molecule has 1 aromatic carbocycles. The van der Waals surface area contributed by atoms with Gasteiger partial charge in [0.2, 0.25) is 5.91 Å². The summed E-state index contributed by atoms with van der Waals surface area (Å²) in [5.41, 5.74) is 1.03. The monoisotopic (exact) mass is 362 g/mol. The summed E-state index contributed by atoms with van der Waals surface area (Å²) in [5.74, 6) is -0.816. The number of amides is 2. The van der Waals surface area contributed by atoms with Crippen molar-refractivity contribution in [1.82, 2.24) is 4.90 Å². The molecule has 134 valence electrons. The quantitative estimate of drug-likeness (QED) is 0.718. The fraction of sp³-hybridized carbons (Fsp3) is 0.500. The SMILES string of the molecule is CCCSCC(=O)Nc1cccc(CN(CC)C(=O)C(F)(F)F)c1. The maximum Gasteiger partial charge on any atom is 0.471 e. The second-order valence-corrected chi connectivity index (χ2v) is 6.22. The van der Waals surface area contributed by atoms with E-state index in [2.05, 4.69) is 5.32 Å². The number of nitrogens with zero attached hydrogens (tertiary/aromatic N) is 1. The Labute approximate surface area is 143 Å². The van der Waals surface area contributed by atoms with Gasteiger partial charge in [0, 0.05) is 18.8 Å². The van der Waals surface area contributed by atoms with Crippen LogP contribution in [-0.2, 0) is 16.1 Å². The Kier molecular flexibility index (Phi) is 8.10. The number of hydrogen-bond donors (Lipinski definition) is 1. The molecule has 0 aliphatic heterocycles. The summed E-state index contributed by atoms with van der Waals surface area (Å²) in [6, 6.07) is 6.49. The zero-order valence-electron chi connectivity index (χ0n) is 13.7. The highest BCUT2D eigenvalue weighted by Gasteiger charge is 2.41. The van der Waals surface area contributed by atoms with E-state index < -0.39 is 12.1 Å². The Morgan fingerprint density at radius 3 is 2.54 bits per heavy atom. The van der Waals surface area contributed by atoms with Crippen LogP contribution >= 0.6 is 11.8 Å². The molecule has 0 aliphatic rings. The van der Waals surface area contributed by atoms with Crippen molar-refractivity contribution in [2.75, 3.05) is 23.4 Å².